The maximum atomic E-state index is 14.6. The highest BCUT2D eigenvalue weighted by Crippen LogP contribution is 2.53. The van der Waals surface area contributed by atoms with E-state index >= 15 is 0 Å². The summed E-state index contributed by atoms with van der Waals surface area (Å²) in [5.41, 5.74) is -5.38. The second-order valence-electron chi connectivity index (χ2n) is 7.47. The predicted octanol–water partition coefficient (Wildman–Crippen LogP) is 5.76. The van der Waals surface area contributed by atoms with Crippen LogP contribution in [0.4, 0.5) is 30.7 Å². The van der Waals surface area contributed by atoms with E-state index in [1.807, 2.05) is 0 Å². The molecule has 30 heavy (non-hydrogen) atoms. The molecule has 0 heterocycles. The lowest BCUT2D eigenvalue weighted by Crippen LogP contribution is -2.22. The highest BCUT2D eigenvalue weighted by Gasteiger charge is 2.50. The van der Waals surface area contributed by atoms with E-state index in [2.05, 4.69) is 0 Å². The topological polar surface area (TPSA) is 40.5 Å². The smallest absolute Gasteiger partial charge is 0.388 e. The zero-order valence-electron chi connectivity index (χ0n) is 15.1. The summed E-state index contributed by atoms with van der Waals surface area (Å²) < 4.78 is 95.5. The molecule has 162 valence electrons. The number of hydrogen-bond acceptors (Lipinski definition) is 3. The van der Waals surface area contributed by atoms with Gasteiger partial charge < -0.3 is 10.2 Å². The summed E-state index contributed by atoms with van der Waals surface area (Å²) >= 11 is -0.600. The summed E-state index contributed by atoms with van der Waals surface area (Å²) in [6.45, 7) is 0. The van der Waals surface area contributed by atoms with Gasteiger partial charge in [-0.05, 0) is 53.4 Å². The Labute approximate surface area is 170 Å². The van der Waals surface area contributed by atoms with Gasteiger partial charge in [0.25, 0.3) is 5.92 Å². The zero-order valence-corrected chi connectivity index (χ0v) is 15.9. The summed E-state index contributed by atoms with van der Waals surface area (Å²) in [5, 5.41) is 20.2. The highest BCUT2D eigenvalue weighted by atomic mass is 32.2. The van der Waals surface area contributed by atoms with Crippen LogP contribution in [-0.4, -0.2) is 21.6 Å². The van der Waals surface area contributed by atoms with Crippen LogP contribution in [0.3, 0.4) is 0 Å². The van der Waals surface area contributed by atoms with Crippen LogP contribution in [-0.2, 0) is 6.42 Å². The molecule has 0 fully saturated rings. The average molecular weight is 452 g/mol. The molecule has 3 atom stereocenters. The standard InChI is InChI=1S/C20H15F7O2S/c21-8-5-11-14(28)3-1-10(16(11)13(22)6-8)9-2-4-15(30-20(25,26)27)17-12(9)7-19(23,24)18(17)29/h2,4-6,10,14,18,28-29H,1,3,7H2/t10-,14?,18-/m0/s1. The molecule has 0 spiro atoms. The molecule has 0 amide bonds. The van der Waals surface area contributed by atoms with Crippen molar-refractivity contribution in [1.29, 1.82) is 0 Å². The van der Waals surface area contributed by atoms with Crippen LogP contribution in [0.2, 0.25) is 0 Å². The van der Waals surface area contributed by atoms with Gasteiger partial charge in [0.05, 0.1) is 6.10 Å². The van der Waals surface area contributed by atoms with Gasteiger partial charge in [-0.15, -0.1) is 0 Å². The largest absolute Gasteiger partial charge is 0.446 e. The Kier molecular flexibility index (Phi) is 5.10. The molecule has 2 aromatic carbocycles. The van der Waals surface area contributed by atoms with Gasteiger partial charge in [0.15, 0.2) is 0 Å². The minimum Gasteiger partial charge on any atom is -0.388 e. The fraction of sp³-hybridized carbons (Fsp3) is 0.400. The minimum atomic E-state index is -4.75. The average Bonchev–Trinajstić information content (AvgIpc) is 2.85. The van der Waals surface area contributed by atoms with Crippen LogP contribution in [0.15, 0.2) is 29.2 Å². The maximum Gasteiger partial charge on any atom is 0.446 e. The first kappa shape index (κ1) is 21.5. The van der Waals surface area contributed by atoms with E-state index in [4.69, 9.17) is 0 Å². The number of benzene rings is 2. The van der Waals surface area contributed by atoms with Crippen LogP contribution in [0, 0.1) is 11.6 Å². The Morgan fingerprint density at radius 1 is 0.967 bits per heavy atom. The molecule has 0 aromatic heterocycles. The van der Waals surface area contributed by atoms with Crippen molar-refractivity contribution in [2.45, 2.75) is 53.7 Å². The lowest BCUT2D eigenvalue weighted by atomic mass is 9.75. The maximum absolute atomic E-state index is 14.6. The lowest BCUT2D eigenvalue weighted by Gasteiger charge is -2.31. The summed E-state index contributed by atoms with van der Waals surface area (Å²) in [4.78, 5) is -0.540. The van der Waals surface area contributed by atoms with Crippen molar-refractivity contribution < 1.29 is 40.9 Å². The van der Waals surface area contributed by atoms with Crippen molar-refractivity contribution in [1.82, 2.24) is 0 Å². The van der Waals surface area contributed by atoms with E-state index < -0.39 is 69.8 Å². The molecule has 10 heteroatoms. The van der Waals surface area contributed by atoms with Crippen LogP contribution in [0.1, 0.15) is 58.8 Å². The van der Waals surface area contributed by atoms with Gasteiger partial charge in [-0.3, -0.25) is 0 Å². The molecule has 2 N–H and O–H groups in total. The lowest BCUT2D eigenvalue weighted by molar-refractivity contribution is -0.0977. The number of thioether (sulfide) groups is 1. The van der Waals surface area contributed by atoms with Crippen LogP contribution in [0.5, 0.6) is 0 Å². The van der Waals surface area contributed by atoms with Gasteiger partial charge in [0, 0.05) is 34.4 Å². The van der Waals surface area contributed by atoms with Crippen LogP contribution >= 0.6 is 11.8 Å². The fourth-order valence-electron chi connectivity index (χ4n) is 4.42. The second-order valence-corrected chi connectivity index (χ2v) is 8.58. The fourth-order valence-corrected chi connectivity index (χ4v) is 5.15. The Balaban J connectivity index is 1.90. The number of alkyl halides is 5. The van der Waals surface area contributed by atoms with Crippen LogP contribution in [0.25, 0.3) is 0 Å². The summed E-state index contributed by atoms with van der Waals surface area (Å²) in [6.07, 6.45) is -4.36. The third-order valence-corrected chi connectivity index (χ3v) is 6.41. The van der Waals surface area contributed by atoms with Gasteiger partial charge in [0.2, 0.25) is 0 Å². The van der Waals surface area contributed by atoms with E-state index in [1.165, 1.54) is 6.07 Å². The Morgan fingerprint density at radius 3 is 2.33 bits per heavy atom. The third kappa shape index (κ3) is 3.58. The second kappa shape index (κ2) is 7.13. The molecule has 2 aliphatic carbocycles. The number of fused-ring (bicyclic) bond motifs is 2. The number of halogens is 7. The molecule has 0 saturated heterocycles. The molecular weight excluding hydrogens is 437 g/mol. The van der Waals surface area contributed by atoms with E-state index in [9.17, 15) is 40.9 Å². The number of hydrogen-bond donors (Lipinski definition) is 2. The third-order valence-electron chi connectivity index (χ3n) is 5.60. The molecule has 0 aliphatic heterocycles. The van der Waals surface area contributed by atoms with Gasteiger partial charge in [-0.25, -0.2) is 17.6 Å². The van der Waals surface area contributed by atoms with Crippen molar-refractivity contribution in [3.05, 3.63) is 63.7 Å². The van der Waals surface area contributed by atoms with E-state index in [-0.39, 0.29) is 35.1 Å². The zero-order chi connectivity index (χ0) is 22.0. The normalized spacial score (nSPS) is 25.2. The number of aliphatic hydroxyl groups excluding tert-OH is 2. The molecule has 0 saturated carbocycles. The predicted molar refractivity (Wildman–Crippen MR) is 94.4 cm³/mol. The highest BCUT2D eigenvalue weighted by molar-refractivity contribution is 8.00. The first-order valence-electron chi connectivity index (χ1n) is 9.03. The molecule has 2 aliphatic rings. The van der Waals surface area contributed by atoms with Crippen molar-refractivity contribution in [2.75, 3.05) is 0 Å². The first-order chi connectivity index (χ1) is 13.9. The van der Waals surface area contributed by atoms with Crippen molar-refractivity contribution in [2.24, 2.45) is 0 Å². The summed E-state index contributed by atoms with van der Waals surface area (Å²) in [5.74, 6) is -6.43. The van der Waals surface area contributed by atoms with E-state index in [0.29, 0.717) is 6.07 Å². The number of rotatable bonds is 2. The van der Waals surface area contributed by atoms with Gasteiger partial charge >= 0.3 is 5.51 Å². The van der Waals surface area contributed by atoms with E-state index in [1.54, 1.807) is 0 Å². The van der Waals surface area contributed by atoms with Crippen molar-refractivity contribution in [3.8, 4) is 0 Å². The molecule has 0 radical (unpaired) electrons. The van der Waals surface area contributed by atoms with Gasteiger partial charge in [-0.2, -0.15) is 13.2 Å². The number of aliphatic hydroxyl groups is 2. The molecule has 4 rings (SSSR count). The molecule has 1 unspecified atom stereocenters. The molecular formula is C20H15F7O2S. The van der Waals surface area contributed by atoms with Gasteiger partial charge in [-0.1, -0.05) is 6.07 Å². The van der Waals surface area contributed by atoms with Gasteiger partial charge in [0.1, 0.15) is 17.7 Å². The van der Waals surface area contributed by atoms with Crippen LogP contribution < -0.4 is 0 Å². The Bertz CT molecular complexity index is 1010. The monoisotopic (exact) mass is 452 g/mol. The SMILES string of the molecule is OC1CC[C@@H](c2ccc(SC(F)(F)F)c3c2CC(F)(F)[C@H]3O)c2c(F)cc(F)cc21. The minimum absolute atomic E-state index is 0.0171. The molecule has 2 aromatic rings. The molecule has 0 bridgehead atoms. The summed E-state index contributed by atoms with van der Waals surface area (Å²) in [6, 6.07) is 3.78. The Hall–Kier alpha value is -1.78. The summed E-state index contributed by atoms with van der Waals surface area (Å²) in [7, 11) is 0. The Morgan fingerprint density at radius 2 is 1.67 bits per heavy atom. The first-order valence-corrected chi connectivity index (χ1v) is 9.85. The van der Waals surface area contributed by atoms with E-state index in [0.717, 1.165) is 12.1 Å². The van der Waals surface area contributed by atoms with Crippen molar-refractivity contribution in [3.63, 3.8) is 0 Å². The quantitative estimate of drug-likeness (QED) is 0.450. The van der Waals surface area contributed by atoms with Crippen molar-refractivity contribution >= 4 is 11.8 Å². The molecule has 2 nitrogen and oxygen atoms in total.